The summed E-state index contributed by atoms with van der Waals surface area (Å²) < 4.78 is 3.14. The Hall–Kier alpha value is -4.02. The quantitative estimate of drug-likeness (QED) is 0.357. The van der Waals surface area contributed by atoms with Gasteiger partial charge in [0.2, 0.25) is 0 Å². The van der Waals surface area contributed by atoms with Crippen LogP contribution in [0.25, 0.3) is 28.1 Å². The zero-order valence-corrected chi connectivity index (χ0v) is 19.3. The first-order valence-corrected chi connectivity index (χ1v) is 10.9. The molecule has 0 aliphatic heterocycles. The summed E-state index contributed by atoms with van der Waals surface area (Å²) in [6.07, 6.45) is 3.13. The summed E-state index contributed by atoms with van der Waals surface area (Å²) >= 11 is 12.4. The molecule has 5 rings (SSSR count). The molecule has 1 aromatic carbocycles. The molecular weight excluding hydrogens is 477 g/mol. The molecule has 3 N–H and O–H groups in total. The molecule has 0 unspecified atom stereocenters. The SMILES string of the molecule is Cc1cc(-c2cc(Cl)ccc2-n2cnnn2)cc(=O)n1Cc1ncc(-c2ccc(N)nc2Cl)[nH]1. The molecule has 170 valence electrons. The predicted octanol–water partition coefficient (Wildman–Crippen LogP) is 3.52. The van der Waals surface area contributed by atoms with Crippen LogP contribution in [0.4, 0.5) is 5.82 Å². The molecule has 10 nitrogen and oxygen atoms in total. The minimum atomic E-state index is -0.192. The number of anilines is 1. The fourth-order valence-electron chi connectivity index (χ4n) is 3.68. The number of nitrogens with zero attached hydrogens (tertiary/aromatic N) is 7. The van der Waals surface area contributed by atoms with Crippen molar-refractivity contribution in [1.82, 2.24) is 39.7 Å². The first-order chi connectivity index (χ1) is 16.4. The minimum Gasteiger partial charge on any atom is -0.384 e. The second-order valence-corrected chi connectivity index (χ2v) is 8.34. The van der Waals surface area contributed by atoms with Gasteiger partial charge in [-0.1, -0.05) is 23.2 Å². The number of halogens is 2. The molecule has 0 atom stereocenters. The van der Waals surface area contributed by atoms with Gasteiger partial charge in [0.1, 0.15) is 23.1 Å². The minimum absolute atomic E-state index is 0.192. The third kappa shape index (κ3) is 4.16. The Kier molecular flexibility index (Phi) is 5.60. The lowest BCUT2D eigenvalue weighted by atomic mass is 10.0. The van der Waals surface area contributed by atoms with Crippen LogP contribution in [-0.4, -0.2) is 39.7 Å². The zero-order chi connectivity index (χ0) is 23.8. The number of hydrogen-bond acceptors (Lipinski definition) is 7. The number of imidazole rings is 1. The van der Waals surface area contributed by atoms with E-state index in [1.54, 1.807) is 47.2 Å². The van der Waals surface area contributed by atoms with Gasteiger partial charge in [-0.2, -0.15) is 4.68 Å². The Balaban J connectivity index is 1.49. The normalized spacial score (nSPS) is 11.1. The standard InChI is InChI=1S/C22H17Cl2N9O/c1-12-6-13(16-8-14(23)2-4-18(16)33-11-27-30-31-33)7-21(34)32(12)10-20-26-9-17(28-20)15-3-5-19(25)29-22(15)24/h2-9,11H,10H2,1H3,(H2,25,29)(H,26,28). The molecular formula is C22H17Cl2N9O. The molecule has 0 saturated carbocycles. The van der Waals surface area contributed by atoms with Crippen LogP contribution >= 0.6 is 23.2 Å². The maximum atomic E-state index is 13.1. The van der Waals surface area contributed by atoms with Crippen molar-refractivity contribution in [1.29, 1.82) is 0 Å². The summed E-state index contributed by atoms with van der Waals surface area (Å²) in [4.78, 5) is 24.7. The molecule has 0 amide bonds. The topological polar surface area (TPSA) is 133 Å². The van der Waals surface area contributed by atoms with Gasteiger partial charge in [-0.25, -0.2) is 9.97 Å². The first-order valence-electron chi connectivity index (χ1n) is 10.1. The Bertz CT molecular complexity index is 1560. The summed E-state index contributed by atoms with van der Waals surface area (Å²) in [5.74, 6) is 0.927. The van der Waals surface area contributed by atoms with Gasteiger partial charge in [0.25, 0.3) is 5.56 Å². The van der Waals surface area contributed by atoms with E-state index in [-0.39, 0.29) is 17.3 Å². The molecule has 0 radical (unpaired) electrons. The molecule has 5 aromatic rings. The number of aromatic amines is 1. The Morgan fingerprint density at radius 1 is 1.09 bits per heavy atom. The van der Waals surface area contributed by atoms with Crippen LogP contribution in [0, 0.1) is 6.92 Å². The van der Waals surface area contributed by atoms with Gasteiger partial charge < -0.3 is 15.3 Å². The maximum Gasteiger partial charge on any atom is 0.251 e. The van der Waals surface area contributed by atoms with E-state index in [9.17, 15) is 4.79 Å². The molecule has 0 spiro atoms. The average Bonchev–Trinajstić information content (AvgIpc) is 3.48. The van der Waals surface area contributed by atoms with E-state index in [4.69, 9.17) is 28.9 Å². The highest BCUT2D eigenvalue weighted by Crippen LogP contribution is 2.29. The van der Waals surface area contributed by atoms with Crippen LogP contribution in [0.2, 0.25) is 10.2 Å². The van der Waals surface area contributed by atoms with E-state index in [0.717, 1.165) is 11.3 Å². The summed E-state index contributed by atoms with van der Waals surface area (Å²) in [6.45, 7) is 2.11. The molecule has 0 aliphatic rings. The van der Waals surface area contributed by atoms with Crippen LogP contribution in [-0.2, 0) is 6.54 Å². The highest BCUT2D eigenvalue weighted by Gasteiger charge is 2.14. The van der Waals surface area contributed by atoms with E-state index >= 15 is 0 Å². The molecule has 34 heavy (non-hydrogen) atoms. The summed E-state index contributed by atoms with van der Waals surface area (Å²) in [5, 5.41) is 12.1. The van der Waals surface area contributed by atoms with E-state index < -0.39 is 0 Å². The summed E-state index contributed by atoms with van der Waals surface area (Å²) in [5.41, 5.74) is 9.71. The zero-order valence-electron chi connectivity index (χ0n) is 17.8. The number of rotatable bonds is 5. The van der Waals surface area contributed by atoms with Gasteiger partial charge in [-0.3, -0.25) is 4.79 Å². The van der Waals surface area contributed by atoms with Crippen molar-refractivity contribution in [2.45, 2.75) is 13.5 Å². The molecule has 4 heterocycles. The lowest BCUT2D eigenvalue weighted by Gasteiger charge is -2.13. The van der Waals surface area contributed by atoms with Crippen LogP contribution in [0.5, 0.6) is 0 Å². The number of nitrogen functional groups attached to an aromatic ring is 1. The average molecular weight is 494 g/mol. The number of tetrazole rings is 1. The molecule has 4 aromatic heterocycles. The molecule has 0 aliphatic carbocycles. The van der Waals surface area contributed by atoms with Crippen LogP contribution in [0.3, 0.4) is 0 Å². The second kappa shape index (κ2) is 8.73. The van der Waals surface area contributed by atoms with Crippen molar-refractivity contribution in [3.63, 3.8) is 0 Å². The van der Waals surface area contributed by atoms with Gasteiger partial charge in [-0.05, 0) is 59.3 Å². The van der Waals surface area contributed by atoms with Gasteiger partial charge in [-0.15, -0.1) is 5.10 Å². The lowest BCUT2D eigenvalue weighted by molar-refractivity contribution is 0.700. The molecule has 0 bridgehead atoms. The Labute approximate surface area is 203 Å². The number of hydrogen-bond donors (Lipinski definition) is 2. The van der Waals surface area contributed by atoms with Crippen molar-refractivity contribution in [2.75, 3.05) is 5.73 Å². The number of H-pyrrole nitrogens is 1. The van der Waals surface area contributed by atoms with Crippen LogP contribution in [0.1, 0.15) is 11.5 Å². The second-order valence-electron chi connectivity index (χ2n) is 7.54. The summed E-state index contributed by atoms with van der Waals surface area (Å²) in [7, 11) is 0. The van der Waals surface area contributed by atoms with E-state index in [0.29, 0.717) is 39.2 Å². The fraction of sp³-hybridized carbons (Fsp3) is 0.0909. The van der Waals surface area contributed by atoms with Crippen molar-refractivity contribution in [3.8, 4) is 28.1 Å². The molecule has 0 saturated heterocycles. The lowest BCUT2D eigenvalue weighted by Crippen LogP contribution is -2.23. The summed E-state index contributed by atoms with van der Waals surface area (Å²) in [6, 6.07) is 12.2. The Morgan fingerprint density at radius 2 is 1.94 bits per heavy atom. The molecule has 12 heteroatoms. The van der Waals surface area contributed by atoms with Gasteiger partial charge in [0.15, 0.2) is 0 Å². The number of nitrogens with two attached hydrogens (primary N) is 1. The maximum absolute atomic E-state index is 13.1. The number of aromatic nitrogens is 8. The predicted molar refractivity (Wildman–Crippen MR) is 129 cm³/mol. The van der Waals surface area contributed by atoms with Crippen molar-refractivity contribution >= 4 is 29.0 Å². The number of nitrogens with one attached hydrogen (secondary N) is 1. The monoisotopic (exact) mass is 493 g/mol. The van der Waals surface area contributed by atoms with E-state index in [2.05, 4.69) is 30.5 Å². The molecule has 0 fully saturated rings. The number of benzene rings is 1. The van der Waals surface area contributed by atoms with Crippen molar-refractivity contribution < 1.29 is 0 Å². The highest BCUT2D eigenvalue weighted by atomic mass is 35.5. The smallest absolute Gasteiger partial charge is 0.251 e. The highest BCUT2D eigenvalue weighted by molar-refractivity contribution is 6.32. The third-order valence-corrected chi connectivity index (χ3v) is 5.82. The number of pyridine rings is 2. The number of aryl methyl sites for hydroxylation is 1. The Morgan fingerprint density at radius 3 is 2.68 bits per heavy atom. The van der Waals surface area contributed by atoms with Crippen LogP contribution in [0.15, 0.2) is 59.8 Å². The first kappa shape index (κ1) is 21.8. The van der Waals surface area contributed by atoms with Gasteiger partial charge >= 0.3 is 0 Å². The van der Waals surface area contributed by atoms with E-state index in [1.165, 1.54) is 11.0 Å². The largest absolute Gasteiger partial charge is 0.384 e. The van der Waals surface area contributed by atoms with Gasteiger partial charge in [0, 0.05) is 27.9 Å². The van der Waals surface area contributed by atoms with Crippen LogP contribution < -0.4 is 11.3 Å². The van der Waals surface area contributed by atoms with E-state index in [1.807, 2.05) is 13.0 Å². The van der Waals surface area contributed by atoms with Crippen molar-refractivity contribution in [2.24, 2.45) is 0 Å². The van der Waals surface area contributed by atoms with Crippen molar-refractivity contribution in [3.05, 3.63) is 87.0 Å². The fourth-order valence-corrected chi connectivity index (χ4v) is 4.11. The third-order valence-electron chi connectivity index (χ3n) is 5.30. The van der Waals surface area contributed by atoms with Gasteiger partial charge in [0.05, 0.1) is 24.1 Å².